The highest BCUT2D eigenvalue weighted by Gasteiger charge is 2.34. The number of hydrogen-bond acceptors (Lipinski definition) is 3. The number of carbonyl (C=O) groups is 2. The molecule has 4 rings (SSSR count). The fourth-order valence-electron chi connectivity index (χ4n) is 4.39. The first kappa shape index (κ1) is 21.6. The number of piperidine rings is 1. The smallest absolute Gasteiger partial charge is 0.387 e. The number of benzene rings is 2. The van der Waals surface area contributed by atoms with Gasteiger partial charge >= 0.3 is 6.61 Å². The highest BCUT2D eigenvalue weighted by atomic mass is 35.5. The van der Waals surface area contributed by atoms with E-state index >= 15 is 0 Å². The van der Waals surface area contributed by atoms with E-state index in [0.717, 1.165) is 24.1 Å². The number of likely N-dealkylation sites (tertiary alicyclic amines) is 1. The van der Waals surface area contributed by atoms with Crippen molar-refractivity contribution in [1.82, 2.24) is 4.90 Å². The lowest BCUT2D eigenvalue weighted by atomic mass is 9.93. The zero-order valence-corrected chi connectivity index (χ0v) is 17.7. The fourth-order valence-corrected chi connectivity index (χ4v) is 4.59. The SMILES string of the molecule is O=C(c1ccccc1OC(F)F)N1CCCC(C(=O)N2CCCc3cc(Cl)ccc32)C1. The lowest BCUT2D eigenvalue weighted by molar-refractivity contribution is -0.123. The Bertz CT molecular complexity index is 985. The Hall–Kier alpha value is -2.67. The Morgan fingerprint density at radius 3 is 2.71 bits per heavy atom. The van der Waals surface area contributed by atoms with E-state index in [2.05, 4.69) is 4.74 Å². The number of amides is 2. The quantitative estimate of drug-likeness (QED) is 0.676. The average molecular weight is 449 g/mol. The van der Waals surface area contributed by atoms with Gasteiger partial charge in [-0.3, -0.25) is 9.59 Å². The van der Waals surface area contributed by atoms with Crippen LogP contribution in [0.2, 0.25) is 5.02 Å². The number of hydrogen-bond donors (Lipinski definition) is 0. The molecule has 0 aliphatic carbocycles. The highest BCUT2D eigenvalue weighted by Crippen LogP contribution is 2.32. The number of anilines is 1. The van der Waals surface area contributed by atoms with E-state index in [4.69, 9.17) is 11.6 Å². The van der Waals surface area contributed by atoms with Crippen molar-refractivity contribution in [2.24, 2.45) is 5.92 Å². The Kier molecular flexibility index (Phi) is 6.41. The van der Waals surface area contributed by atoms with Crippen LogP contribution in [0.25, 0.3) is 0 Å². The molecule has 0 radical (unpaired) electrons. The van der Waals surface area contributed by atoms with Crippen LogP contribution < -0.4 is 9.64 Å². The minimum absolute atomic E-state index is 0.0158. The van der Waals surface area contributed by atoms with E-state index in [9.17, 15) is 18.4 Å². The lowest BCUT2D eigenvalue weighted by Crippen LogP contribution is -2.48. The van der Waals surface area contributed by atoms with E-state index in [1.165, 1.54) is 18.2 Å². The van der Waals surface area contributed by atoms with Crippen LogP contribution in [0.15, 0.2) is 42.5 Å². The summed E-state index contributed by atoms with van der Waals surface area (Å²) in [6, 6.07) is 11.5. The van der Waals surface area contributed by atoms with Gasteiger partial charge in [0.1, 0.15) is 5.75 Å². The number of ether oxygens (including phenoxy) is 1. The molecule has 0 saturated carbocycles. The maximum Gasteiger partial charge on any atom is 0.387 e. The van der Waals surface area contributed by atoms with Crippen LogP contribution in [-0.2, 0) is 11.2 Å². The van der Waals surface area contributed by atoms with Crippen LogP contribution in [0, 0.1) is 5.92 Å². The first-order chi connectivity index (χ1) is 14.9. The van der Waals surface area contributed by atoms with E-state index < -0.39 is 12.5 Å². The second-order valence-electron chi connectivity index (χ2n) is 7.83. The predicted molar refractivity (Wildman–Crippen MR) is 114 cm³/mol. The average Bonchev–Trinajstić information content (AvgIpc) is 2.77. The van der Waals surface area contributed by atoms with Gasteiger partial charge in [-0.15, -0.1) is 0 Å². The number of halogens is 3. The molecule has 1 atom stereocenters. The van der Waals surface area contributed by atoms with Gasteiger partial charge in [0.15, 0.2) is 0 Å². The molecule has 2 aliphatic heterocycles. The molecule has 5 nitrogen and oxygen atoms in total. The van der Waals surface area contributed by atoms with Crippen molar-refractivity contribution in [1.29, 1.82) is 0 Å². The topological polar surface area (TPSA) is 49.9 Å². The van der Waals surface area contributed by atoms with Crippen LogP contribution in [0.3, 0.4) is 0 Å². The van der Waals surface area contributed by atoms with Gasteiger partial charge in [0.05, 0.1) is 11.5 Å². The van der Waals surface area contributed by atoms with E-state index in [-0.39, 0.29) is 29.7 Å². The van der Waals surface area contributed by atoms with E-state index in [1.807, 2.05) is 12.1 Å². The molecular formula is C23H23ClF2N2O3. The molecule has 164 valence electrons. The predicted octanol–water partition coefficient (Wildman–Crippen LogP) is 4.77. The Balaban J connectivity index is 1.51. The molecule has 31 heavy (non-hydrogen) atoms. The highest BCUT2D eigenvalue weighted by molar-refractivity contribution is 6.30. The van der Waals surface area contributed by atoms with Crippen molar-refractivity contribution in [3.63, 3.8) is 0 Å². The molecule has 1 saturated heterocycles. The number of para-hydroxylation sites is 1. The standard InChI is InChI=1S/C23H23ClF2N2O3/c24-17-9-10-19-15(13-17)5-4-12-28(19)21(29)16-6-3-11-27(14-16)22(30)18-7-1-2-8-20(18)31-23(25)26/h1-2,7-10,13,16,23H,3-6,11-12,14H2. The molecule has 0 bridgehead atoms. The molecule has 8 heteroatoms. The summed E-state index contributed by atoms with van der Waals surface area (Å²) in [7, 11) is 0. The second-order valence-corrected chi connectivity index (χ2v) is 8.27. The summed E-state index contributed by atoms with van der Waals surface area (Å²) in [4.78, 5) is 29.7. The molecule has 2 aliphatic rings. The van der Waals surface area contributed by atoms with Crippen molar-refractivity contribution in [2.75, 3.05) is 24.5 Å². The molecule has 2 aromatic rings. The van der Waals surface area contributed by atoms with Gasteiger partial charge < -0.3 is 14.5 Å². The number of rotatable bonds is 4. The molecule has 2 amide bonds. The third kappa shape index (κ3) is 4.66. The zero-order chi connectivity index (χ0) is 22.0. The maximum atomic E-state index is 13.3. The van der Waals surface area contributed by atoms with Crippen LogP contribution in [0.4, 0.5) is 14.5 Å². The van der Waals surface area contributed by atoms with Crippen molar-refractivity contribution in [3.05, 3.63) is 58.6 Å². The van der Waals surface area contributed by atoms with Gasteiger partial charge in [0.2, 0.25) is 5.91 Å². The second kappa shape index (κ2) is 9.22. The number of carbonyl (C=O) groups excluding carboxylic acids is 2. The maximum absolute atomic E-state index is 13.3. The van der Waals surface area contributed by atoms with Gasteiger partial charge in [-0.25, -0.2) is 0 Å². The molecule has 2 aromatic carbocycles. The molecular weight excluding hydrogens is 426 g/mol. The van der Waals surface area contributed by atoms with Crippen molar-refractivity contribution in [2.45, 2.75) is 32.3 Å². The van der Waals surface area contributed by atoms with Crippen molar-refractivity contribution >= 4 is 29.1 Å². The summed E-state index contributed by atoms with van der Waals surface area (Å²) in [5.41, 5.74) is 2.00. The Labute approximate surface area is 184 Å². The summed E-state index contributed by atoms with van der Waals surface area (Å²) < 4.78 is 29.9. The number of fused-ring (bicyclic) bond motifs is 1. The molecule has 0 aromatic heterocycles. The van der Waals surface area contributed by atoms with Gasteiger partial charge in [0.25, 0.3) is 5.91 Å². The summed E-state index contributed by atoms with van der Waals surface area (Å²) in [6.45, 7) is -1.67. The first-order valence-corrected chi connectivity index (χ1v) is 10.7. The largest absolute Gasteiger partial charge is 0.434 e. The minimum atomic E-state index is -3.02. The molecule has 0 N–H and O–H groups in total. The summed E-state index contributed by atoms with van der Waals surface area (Å²) in [6.07, 6.45) is 3.07. The van der Waals surface area contributed by atoms with Gasteiger partial charge in [-0.2, -0.15) is 8.78 Å². The summed E-state index contributed by atoms with van der Waals surface area (Å²) >= 11 is 6.10. The number of aryl methyl sites for hydroxylation is 1. The molecule has 2 heterocycles. The summed E-state index contributed by atoms with van der Waals surface area (Å²) in [5.74, 6) is -0.919. The third-order valence-corrected chi connectivity index (χ3v) is 6.05. The summed E-state index contributed by atoms with van der Waals surface area (Å²) in [5, 5.41) is 0.646. The Morgan fingerprint density at radius 1 is 1.10 bits per heavy atom. The van der Waals surface area contributed by atoms with Crippen LogP contribution >= 0.6 is 11.6 Å². The molecule has 0 spiro atoms. The number of alkyl halides is 2. The zero-order valence-electron chi connectivity index (χ0n) is 16.9. The van der Waals surface area contributed by atoms with Crippen molar-refractivity contribution < 1.29 is 23.1 Å². The van der Waals surface area contributed by atoms with Gasteiger partial charge in [-0.05, 0) is 61.6 Å². The fraction of sp³-hybridized carbons (Fsp3) is 0.391. The normalized spacial score (nSPS) is 18.6. The monoisotopic (exact) mass is 448 g/mol. The van der Waals surface area contributed by atoms with Gasteiger partial charge in [0, 0.05) is 30.3 Å². The van der Waals surface area contributed by atoms with E-state index in [0.29, 0.717) is 31.0 Å². The third-order valence-electron chi connectivity index (χ3n) is 5.82. The molecule has 1 fully saturated rings. The van der Waals surface area contributed by atoms with Crippen molar-refractivity contribution in [3.8, 4) is 5.75 Å². The Morgan fingerprint density at radius 2 is 1.90 bits per heavy atom. The minimum Gasteiger partial charge on any atom is -0.434 e. The van der Waals surface area contributed by atoms with Crippen LogP contribution in [0.5, 0.6) is 5.75 Å². The van der Waals surface area contributed by atoms with Crippen LogP contribution in [-0.4, -0.2) is 43.0 Å². The lowest BCUT2D eigenvalue weighted by Gasteiger charge is -2.37. The molecule has 1 unspecified atom stereocenters. The number of nitrogens with zero attached hydrogens (tertiary/aromatic N) is 2. The first-order valence-electron chi connectivity index (χ1n) is 10.4. The van der Waals surface area contributed by atoms with Crippen LogP contribution in [0.1, 0.15) is 35.2 Å². The van der Waals surface area contributed by atoms with E-state index in [1.54, 1.807) is 21.9 Å². The van der Waals surface area contributed by atoms with Gasteiger partial charge in [-0.1, -0.05) is 23.7 Å².